The molecule has 0 heterocycles. The highest BCUT2D eigenvalue weighted by Crippen LogP contribution is 2.35. The number of rotatable bonds is 6. The van der Waals surface area contributed by atoms with E-state index in [-0.39, 0.29) is 18.4 Å². The molecule has 0 fully saturated rings. The lowest BCUT2D eigenvalue weighted by atomic mass is 10.2. The maximum absolute atomic E-state index is 12.7. The van der Waals surface area contributed by atoms with Gasteiger partial charge in [0, 0.05) is 6.04 Å². The number of carbonyl (C=O) groups is 1. The van der Waals surface area contributed by atoms with Crippen molar-refractivity contribution in [2.24, 2.45) is 0 Å². The van der Waals surface area contributed by atoms with Gasteiger partial charge in [-0.2, -0.15) is 13.2 Å². The van der Waals surface area contributed by atoms with Crippen LogP contribution < -0.4 is 10.1 Å². The summed E-state index contributed by atoms with van der Waals surface area (Å²) < 4.78 is 43.2. The lowest BCUT2D eigenvalue weighted by molar-refractivity contribution is -0.141. The van der Waals surface area contributed by atoms with E-state index in [9.17, 15) is 18.0 Å². The van der Waals surface area contributed by atoms with E-state index in [1.165, 1.54) is 12.1 Å². The van der Waals surface area contributed by atoms with E-state index in [2.05, 4.69) is 5.32 Å². The number of aliphatic carboxylic acids is 1. The summed E-state index contributed by atoms with van der Waals surface area (Å²) in [6.07, 6.45) is -4.54. The monoisotopic (exact) mass is 291 g/mol. The average Bonchev–Trinajstić information content (AvgIpc) is 2.33. The molecular formula is C13H16F3NO3. The van der Waals surface area contributed by atoms with Gasteiger partial charge in [-0.15, -0.1) is 0 Å². The molecule has 2 N–H and O–H groups in total. The van der Waals surface area contributed by atoms with Gasteiger partial charge >= 0.3 is 12.1 Å². The van der Waals surface area contributed by atoms with Crippen molar-refractivity contribution in [2.75, 3.05) is 6.61 Å². The smallest absolute Gasteiger partial charge is 0.419 e. The van der Waals surface area contributed by atoms with E-state index < -0.39 is 23.8 Å². The van der Waals surface area contributed by atoms with Crippen LogP contribution in [0.15, 0.2) is 24.3 Å². The first-order valence-electron chi connectivity index (χ1n) is 5.99. The molecule has 0 aliphatic rings. The first-order valence-corrected chi connectivity index (χ1v) is 5.99. The van der Waals surface area contributed by atoms with Gasteiger partial charge in [0.15, 0.2) is 0 Å². The van der Waals surface area contributed by atoms with Crippen LogP contribution in [0, 0.1) is 0 Å². The number of para-hydroxylation sites is 1. The molecule has 0 saturated heterocycles. The number of nitrogens with one attached hydrogen (secondary N) is 1. The molecule has 1 aromatic carbocycles. The van der Waals surface area contributed by atoms with Gasteiger partial charge in [-0.1, -0.05) is 26.0 Å². The van der Waals surface area contributed by atoms with E-state index in [0.29, 0.717) is 0 Å². The standard InChI is InChI=1S/C13H16F3NO3/c1-8(2)17-10(12(18)19)7-20-11-6-4-3-5-9(11)13(14,15)16/h3-6,8,10,17H,7H2,1-2H3,(H,18,19). The van der Waals surface area contributed by atoms with E-state index in [0.717, 1.165) is 12.1 Å². The molecule has 7 heteroatoms. The first-order chi connectivity index (χ1) is 9.21. The number of hydrogen-bond acceptors (Lipinski definition) is 3. The molecule has 1 aromatic rings. The number of carboxylic acid groups (broad SMARTS) is 1. The minimum atomic E-state index is -4.54. The summed E-state index contributed by atoms with van der Waals surface area (Å²) >= 11 is 0. The Kier molecular flexibility index (Phi) is 5.38. The molecule has 0 amide bonds. The van der Waals surface area contributed by atoms with Crippen molar-refractivity contribution in [3.8, 4) is 5.75 Å². The van der Waals surface area contributed by atoms with Crippen LogP contribution in [-0.2, 0) is 11.0 Å². The van der Waals surface area contributed by atoms with E-state index in [4.69, 9.17) is 9.84 Å². The minimum Gasteiger partial charge on any atom is -0.491 e. The summed E-state index contributed by atoms with van der Waals surface area (Å²) in [4.78, 5) is 11.0. The number of hydrogen-bond donors (Lipinski definition) is 2. The third kappa shape index (κ3) is 4.73. The van der Waals surface area contributed by atoms with Gasteiger partial charge < -0.3 is 9.84 Å². The maximum atomic E-state index is 12.7. The Morgan fingerprint density at radius 2 is 1.95 bits per heavy atom. The molecule has 0 aromatic heterocycles. The molecule has 1 unspecified atom stereocenters. The van der Waals surface area contributed by atoms with E-state index >= 15 is 0 Å². The average molecular weight is 291 g/mol. The number of alkyl halides is 3. The Balaban J connectivity index is 2.81. The van der Waals surface area contributed by atoms with Crippen LogP contribution in [0.4, 0.5) is 13.2 Å². The highest BCUT2D eigenvalue weighted by Gasteiger charge is 2.34. The van der Waals surface area contributed by atoms with Crippen molar-refractivity contribution in [3.63, 3.8) is 0 Å². The molecule has 112 valence electrons. The summed E-state index contributed by atoms with van der Waals surface area (Å²) in [5.41, 5.74) is -0.923. The van der Waals surface area contributed by atoms with Gasteiger partial charge in [0.25, 0.3) is 0 Å². The normalized spacial score (nSPS) is 13.3. The fourth-order valence-corrected chi connectivity index (χ4v) is 1.59. The fraction of sp³-hybridized carbons (Fsp3) is 0.462. The van der Waals surface area contributed by atoms with Crippen LogP contribution in [0.2, 0.25) is 0 Å². The summed E-state index contributed by atoms with van der Waals surface area (Å²) in [6, 6.07) is 3.50. The Morgan fingerprint density at radius 3 is 2.45 bits per heavy atom. The van der Waals surface area contributed by atoms with Crippen molar-refractivity contribution < 1.29 is 27.8 Å². The Morgan fingerprint density at radius 1 is 1.35 bits per heavy atom. The second-order valence-corrected chi connectivity index (χ2v) is 4.52. The maximum Gasteiger partial charge on any atom is 0.419 e. The van der Waals surface area contributed by atoms with Gasteiger partial charge in [0.05, 0.1) is 5.56 Å². The molecule has 4 nitrogen and oxygen atoms in total. The summed E-state index contributed by atoms with van der Waals surface area (Å²) in [6.45, 7) is 3.08. The van der Waals surface area contributed by atoms with Crippen LogP contribution in [0.3, 0.4) is 0 Å². The molecule has 1 atom stereocenters. The summed E-state index contributed by atoms with van der Waals surface area (Å²) in [5, 5.41) is 11.7. The van der Waals surface area contributed by atoms with Crippen LogP contribution in [0.25, 0.3) is 0 Å². The predicted molar refractivity (Wildman–Crippen MR) is 66.6 cm³/mol. The minimum absolute atomic E-state index is 0.127. The largest absolute Gasteiger partial charge is 0.491 e. The second-order valence-electron chi connectivity index (χ2n) is 4.52. The summed E-state index contributed by atoms with van der Waals surface area (Å²) in [7, 11) is 0. The van der Waals surface area contributed by atoms with Gasteiger partial charge in [0.2, 0.25) is 0 Å². The van der Waals surface area contributed by atoms with Crippen molar-refractivity contribution >= 4 is 5.97 Å². The molecular weight excluding hydrogens is 275 g/mol. The highest BCUT2D eigenvalue weighted by atomic mass is 19.4. The van der Waals surface area contributed by atoms with Crippen molar-refractivity contribution in [3.05, 3.63) is 29.8 Å². The predicted octanol–water partition coefficient (Wildman–Crippen LogP) is 2.54. The zero-order valence-electron chi connectivity index (χ0n) is 11.1. The molecule has 1 rings (SSSR count). The lowest BCUT2D eigenvalue weighted by Crippen LogP contribution is -2.44. The molecule has 0 bridgehead atoms. The van der Waals surface area contributed by atoms with Gasteiger partial charge in [0.1, 0.15) is 18.4 Å². The lowest BCUT2D eigenvalue weighted by Gasteiger charge is -2.19. The van der Waals surface area contributed by atoms with Crippen molar-refractivity contribution in [1.82, 2.24) is 5.32 Å². The number of carboxylic acids is 1. The highest BCUT2D eigenvalue weighted by molar-refractivity contribution is 5.73. The van der Waals surface area contributed by atoms with Crippen molar-refractivity contribution in [1.29, 1.82) is 0 Å². The Bertz CT molecular complexity index is 460. The van der Waals surface area contributed by atoms with Gasteiger partial charge in [-0.25, -0.2) is 0 Å². The zero-order chi connectivity index (χ0) is 15.3. The SMILES string of the molecule is CC(C)NC(COc1ccccc1C(F)(F)F)C(=O)O. The molecule has 0 radical (unpaired) electrons. The molecule has 0 aliphatic heterocycles. The van der Waals surface area contributed by atoms with Gasteiger partial charge in [-0.3, -0.25) is 10.1 Å². The number of halogens is 3. The number of ether oxygens (including phenoxy) is 1. The van der Waals surface area contributed by atoms with Crippen LogP contribution in [-0.4, -0.2) is 29.8 Å². The summed E-state index contributed by atoms with van der Waals surface area (Å²) in [5.74, 6) is -1.56. The molecule has 0 aliphatic carbocycles. The van der Waals surface area contributed by atoms with E-state index in [1.54, 1.807) is 13.8 Å². The fourth-order valence-electron chi connectivity index (χ4n) is 1.59. The third-order valence-corrected chi connectivity index (χ3v) is 2.43. The Hall–Kier alpha value is -1.76. The van der Waals surface area contributed by atoms with Crippen LogP contribution >= 0.6 is 0 Å². The quantitative estimate of drug-likeness (QED) is 0.845. The number of benzene rings is 1. The van der Waals surface area contributed by atoms with E-state index in [1.807, 2.05) is 0 Å². The van der Waals surface area contributed by atoms with Crippen LogP contribution in [0.5, 0.6) is 5.75 Å². The van der Waals surface area contributed by atoms with Crippen LogP contribution in [0.1, 0.15) is 19.4 Å². The molecule has 0 spiro atoms. The third-order valence-electron chi connectivity index (χ3n) is 2.43. The zero-order valence-corrected chi connectivity index (χ0v) is 11.1. The van der Waals surface area contributed by atoms with Crippen molar-refractivity contribution in [2.45, 2.75) is 32.1 Å². The second kappa shape index (κ2) is 6.60. The van der Waals surface area contributed by atoms with Gasteiger partial charge in [-0.05, 0) is 12.1 Å². The first kappa shape index (κ1) is 16.3. The topological polar surface area (TPSA) is 58.6 Å². The Labute approximate surface area is 114 Å². The molecule has 20 heavy (non-hydrogen) atoms. The molecule has 0 saturated carbocycles.